The zero-order valence-corrected chi connectivity index (χ0v) is 48.4. The zero-order chi connectivity index (χ0) is 55.4. The Morgan fingerprint density at radius 2 is 0.926 bits per heavy atom. The number of benzene rings is 10. The number of fused-ring (bicyclic) bond motifs is 7. The molecule has 0 bridgehead atoms. The van der Waals surface area contributed by atoms with E-state index in [-0.39, 0.29) is 10.8 Å². The Hall–Kier alpha value is -9.09. The molecule has 0 spiro atoms. The van der Waals surface area contributed by atoms with Crippen molar-refractivity contribution in [2.45, 2.75) is 52.4 Å². The molecule has 6 nitrogen and oxygen atoms in total. The molecule has 0 N–H and O–H groups in total. The maximum absolute atomic E-state index is 7.09. The molecular formula is C74H59N5OPt-2. The van der Waals surface area contributed by atoms with Crippen LogP contribution >= 0.6 is 0 Å². The number of imidazole rings is 1. The fraction of sp³-hybridized carbons (Fsp3) is 0.108. The average molecular weight is 1230 g/mol. The molecule has 0 saturated carbocycles. The summed E-state index contributed by atoms with van der Waals surface area (Å²) in [5.41, 5.74) is 19.8. The molecule has 0 radical (unpaired) electrons. The number of rotatable bonds is 8. The van der Waals surface area contributed by atoms with Crippen LogP contribution in [0.15, 0.2) is 249 Å². The first-order valence-electron chi connectivity index (χ1n) is 27.5. The molecule has 0 fully saturated rings. The van der Waals surface area contributed by atoms with E-state index in [9.17, 15) is 0 Å². The van der Waals surface area contributed by atoms with Crippen LogP contribution in [0.5, 0.6) is 11.5 Å². The van der Waals surface area contributed by atoms with Gasteiger partial charge in [-0.25, -0.2) is 0 Å². The van der Waals surface area contributed by atoms with Crippen molar-refractivity contribution in [1.29, 1.82) is 0 Å². The zero-order valence-electron chi connectivity index (χ0n) is 46.1. The van der Waals surface area contributed by atoms with E-state index in [1.807, 2.05) is 24.4 Å². The van der Waals surface area contributed by atoms with E-state index in [0.29, 0.717) is 11.5 Å². The second kappa shape index (κ2) is 20.9. The van der Waals surface area contributed by atoms with Crippen LogP contribution in [0.3, 0.4) is 0 Å². The average Bonchev–Trinajstić information content (AvgIpc) is 3.87. The molecule has 13 rings (SSSR count). The van der Waals surface area contributed by atoms with Gasteiger partial charge in [-0.15, -0.1) is 0 Å². The monoisotopic (exact) mass is 1230 g/mol. The van der Waals surface area contributed by atoms with E-state index in [0.717, 1.165) is 105 Å². The molecule has 81 heavy (non-hydrogen) atoms. The Kier molecular flexibility index (Phi) is 13.2. The van der Waals surface area contributed by atoms with Gasteiger partial charge in [0.05, 0.1) is 5.69 Å². The molecule has 1 aliphatic rings. The van der Waals surface area contributed by atoms with E-state index in [4.69, 9.17) is 9.72 Å². The number of aromatic nitrogens is 3. The number of pyridine rings is 1. The fourth-order valence-electron chi connectivity index (χ4n) is 11.3. The minimum absolute atomic E-state index is 0.140. The minimum atomic E-state index is -0.154. The molecule has 0 aliphatic carbocycles. The Bertz CT molecular complexity index is 4320. The Labute approximate surface area is 485 Å². The van der Waals surface area contributed by atoms with Crippen LogP contribution in [0.25, 0.3) is 66.9 Å². The van der Waals surface area contributed by atoms with E-state index in [2.05, 4.69) is 316 Å². The van der Waals surface area contributed by atoms with Crippen LogP contribution in [-0.4, -0.2) is 14.1 Å². The predicted molar refractivity (Wildman–Crippen MR) is 330 cm³/mol. The number of anilines is 6. The number of para-hydroxylation sites is 6. The van der Waals surface area contributed by atoms with Crippen LogP contribution in [0.4, 0.5) is 34.3 Å². The van der Waals surface area contributed by atoms with E-state index in [1.165, 1.54) is 11.1 Å². The van der Waals surface area contributed by atoms with Crippen LogP contribution in [-0.2, 0) is 30.2 Å². The van der Waals surface area contributed by atoms with Crippen LogP contribution in [0.1, 0.15) is 52.7 Å². The van der Waals surface area contributed by atoms with Gasteiger partial charge >= 0.3 is 306 Å². The summed E-state index contributed by atoms with van der Waals surface area (Å²) in [7, 11) is 0. The Balaban J connectivity index is 1.02. The summed E-state index contributed by atoms with van der Waals surface area (Å²) in [6, 6.07) is 94.1. The Morgan fingerprint density at radius 1 is 0.407 bits per heavy atom. The topological polar surface area (TPSA) is 38.5 Å². The molecule has 0 unspecified atom stereocenters. The molecule has 0 atom stereocenters. The fourth-order valence-corrected chi connectivity index (χ4v) is 12.3. The van der Waals surface area contributed by atoms with Gasteiger partial charge in [-0.1, -0.05) is 96.1 Å². The molecule has 1 aliphatic heterocycles. The molecule has 0 amide bonds. The molecule has 7 heteroatoms. The maximum atomic E-state index is 7.09. The first kappa shape index (κ1) is 51.4. The molecule has 12 aromatic rings. The van der Waals surface area contributed by atoms with E-state index >= 15 is 0 Å². The number of hydrogen-bond acceptors (Lipinski definition) is 4. The third-order valence-corrected chi connectivity index (χ3v) is 16.3. The second-order valence-electron chi connectivity index (χ2n) is 22.6. The van der Waals surface area contributed by atoms with Crippen molar-refractivity contribution in [3.8, 4) is 67.4 Å². The van der Waals surface area contributed by atoms with Gasteiger partial charge < -0.3 is 4.90 Å². The molecular weight excluding hydrogens is 1170 g/mol. The molecule has 3 heterocycles. The van der Waals surface area contributed by atoms with E-state index in [1.54, 1.807) is 0 Å². The van der Waals surface area contributed by atoms with Crippen LogP contribution in [0, 0.1) is 15.9 Å². The SMILES string of the molecule is CC(C)(C)c1ccnc(N2c3[c-]c(Oc4[c-]c(-n5[c](=[Pt])n(-c6c(-c7ccccc7)cccc6-c6ccccc6)c6ccccc65)ccc4)ccc3-c3ccccc3N(c3ccccc3)c3ccccc3-c3cc(C(C)(C)C)ccc32)c1. The van der Waals surface area contributed by atoms with Crippen molar-refractivity contribution in [3.05, 3.63) is 276 Å². The summed E-state index contributed by atoms with van der Waals surface area (Å²) in [6.07, 6.45) is 1.94. The van der Waals surface area contributed by atoms with Crippen molar-refractivity contribution < 1.29 is 24.1 Å². The van der Waals surface area contributed by atoms with Crippen molar-refractivity contribution in [3.63, 3.8) is 0 Å². The van der Waals surface area contributed by atoms with Gasteiger partial charge in [0.25, 0.3) is 0 Å². The first-order chi connectivity index (χ1) is 39.4. The first-order valence-corrected chi connectivity index (χ1v) is 28.7. The van der Waals surface area contributed by atoms with Gasteiger partial charge in [0, 0.05) is 17.4 Å². The summed E-state index contributed by atoms with van der Waals surface area (Å²) in [5, 5.41) is 0. The van der Waals surface area contributed by atoms with Gasteiger partial charge in [-0.2, -0.15) is 0 Å². The number of nitrogens with zero attached hydrogens (tertiary/aromatic N) is 5. The summed E-state index contributed by atoms with van der Waals surface area (Å²) in [4.78, 5) is 9.95. The standard InChI is InChI=1S/C74H59N5O.Pt/c1-73(2,3)53-40-43-67-64(46-53)62-33-17-19-37-66(62)78(55-28-14-9-15-29-55)65-36-18-16-32-61(65)63-42-41-58(49-70(63)79(67)71-47-54(44-45-75-71)74(4,5)6)80-57-31-22-30-56(48-57)76-50-77(69-39-21-20-38-68(69)76)72-59(51-24-10-7-11-25-51)34-23-35-60(72)52-26-12-8-13-27-52;/h7-47H,1-6H3;/q-2;. The second-order valence-corrected chi connectivity index (χ2v) is 23.6. The van der Waals surface area contributed by atoms with Gasteiger partial charge in [0.1, 0.15) is 0 Å². The third kappa shape index (κ3) is 9.54. The van der Waals surface area contributed by atoms with Crippen molar-refractivity contribution in [1.82, 2.24) is 14.1 Å². The van der Waals surface area contributed by atoms with Gasteiger partial charge in [0.15, 0.2) is 0 Å². The van der Waals surface area contributed by atoms with Crippen molar-refractivity contribution in [2.24, 2.45) is 0 Å². The molecule has 2 aromatic heterocycles. The van der Waals surface area contributed by atoms with E-state index < -0.39 is 0 Å². The predicted octanol–water partition coefficient (Wildman–Crippen LogP) is 19.8. The Morgan fingerprint density at radius 3 is 1.57 bits per heavy atom. The summed E-state index contributed by atoms with van der Waals surface area (Å²) in [5.74, 6) is 1.86. The van der Waals surface area contributed by atoms with Crippen LogP contribution < -0.4 is 14.5 Å². The quantitative estimate of drug-likeness (QED) is 0.142. The molecule has 398 valence electrons. The van der Waals surface area contributed by atoms with Gasteiger partial charge in [0.2, 0.25) is 0 Å². The molecule has 10 aromatic carbocycles. The summed E-state index contributed by atoms with van der Waals surface area (Å²) in [6.45, 7) is 13.6. The normalized spacial score (nSPS) is 12.3. The summed E-state index contributed by atoms with van der Waals surface area (Å²) >= 11 is 2.49. The van der Waals surface area contributed by atoms with Crippen LogP contribution in [0.2, 0.25) is 0 Å². The van der Waals surface area contributed by atoms with Gasteiger partial charge in [-0.05, 0) is 58.4 Å². The summed E-state index contributed by atoms with van der Waals surface area (Å²) < 4.78 is 12.8. The van der Waals surface area contributed by atoms with Crippen molar-refractivity contribution in [2.75, 3.05) is 9.80 Å². The number of hydrogen-bond donors (Lipinski definition) is 0. The number of ether oxygens (including phenoxy) is 1. The van der Waals surface area contributed by atoms with Crippen molar-refractivity contribution >= 4 is 45.3 Å². The van der Waals surface area contributed by atoms with Gasteiger partial charge in [-0.3, -0.25) is 0 Å². The third-order valence-electron chi connectivity index (χ3n) is 15.3. The molecule has 0 saturated heterocycles.